The minimum Gasteiger partial charge on any atom is -0.391 e. The summed E-state index contributed by atoms with van der Waals surface area (Å²) < 4.78 is 10.3. The molecule has 0 spiro atoms. The lowest BCUT2D eigenvalue weighted by Gasteiger charge is -2.34. The number of rotatable bonds is 4. The Morgan fingerprint density at radius 2 is 2.38 bits per heavy atom. The summed E-state index contributed by atoms with van der Waals surface area (Å²) in [6.07, 6.45) is 0.484. The van der Waals surface area contributed by atoms with Crippen molar-refractivity contribution >= 4 is 0 Å². The largest absolute Gasteiger partial charge is 0.391 e. The highest BCUT2D eigenvalue weighted by Gasteiger charge is 2.26. The molecule has 1 rings (SSSR count). The molecule has 1 N–H and O–H groups in total. The Kier molecular flexibility index (Phi) is 4.66. The summed E-state index contributed by atoms with van der Waals surface area (Å²) in [4.78, 5) is 2.09. The molecule has 78 valence electrons. The average molecular weight is 189 g/mol. The maximum absolute atomic E-state index is 9.68. The summed E-state index contributed by atoms with van der Waals surface area (Å²) in [6, 6.07) is 0.129. The van der Waals surface area contributed by atoms with Gasteiger partial charge >= 0.3 is 0 Å². The zero-order valence-corrected chi connectivity index (χ0v) is 8.40. The van der Waals surface area contributed by atoms with Gasteiger partial charge in [0, 0.05) is 20.3 Å². The smallest absolute Gasteiger partial charge is 0.0739 e. The van der Waals surface area contributed by atoms with E-state index in [-0.39, 0.29) is 12.1 Å². The summed E-state index contributed by atoms with van der Waals surface area (Å²) in [5.41, 5.74) is 0. The number of nitrogens with zero attached hydrogens (tertiary/aromatic N) is 1. The summed E-state index contributed by atoms with van der Waals surface area (Å²) in [6.45, 7) is 2.83. The van der Waals surface area contributed by atoms with Gasteiger partial charge in [-0.15, -0.1) is 0 Å². The van der Waals surface area contributed by atoms with E-state index in [9.17, 15) is 5.11 Å². The van der Waals surface area contributed by atoms with Gasteiger partial charge in [-0.2, -0.15) is 0 Å². The van der Waals surface area contributed by atoms with Crippen LogP contribution in [0, 0.1) is 0 Å². The molecule has 1 heterocycles. The topological polar surface area (TPSA) is 41.9 Å². The molecule has 0 aromatic rings. The number of hydrogen-bond acceptors (Lipinski definition) is 4. The van der Waals surface area contributed by atoms with E-state index in [1.165, 1.54) is 0 Å². The van der Waals surface area contributed by atoms with Crippen LogP contribution in [0.15, 0.2) is 0 Å². The van der Waals surface area contributed by atoms with Crippen molar-refractivity contribution < 1.29 is 14.6 Å². The summed E-state index contributed by atoms with van der Waals surface area (Å²) >= 11 is 0. The predicted octanol–water partition coefficient (Wildman–Crippen LogP) is -0.286. The van der Waals surface area contributed by atoms with E-state index < -0.39 is 0 Å². The Morgan fingerprint density at radius 3 is 3.00 bits per heavy atom. The van der Waals surface area contributed by atoms with E-state index in [4.69, 9.17) is 9.47 Å². The number of hydrogen-bond donors (Lipinski definition) is 1. The maximum atomic E-state index is 9.68. The molecule has 2 atom stereocenters. The van der Waals surface area contributed by atoms with Gasteiger partial charge in [0.25, 0.3) is 0 Å². The Bertz CT molecular complexity index is 143. The second kappa shape index (κ2) is 5.54. The van der Waals surface area contributed by atoms with Gasteiger partial charge in [0.05, 0.1) is 25.4 Å². The van der Waals surface area contributed by atoms with Gasteiger partial charge < -0.3 is 14.6 Å². The summed E-state index contributed by atoms with van der Waals surface area (Å²) in [5.74, 6) is 0. The molecule has 2 unspecified atom stereocenters. The minimum atomic E-state index is -0.254. The summed E-state index contributed by atoms with van der Waals surface area (Å²) in [5, 5.41) is 9.68. The van der Waals surface area contributed by atoms with Crippen LogP contribution in [0.25, 0.3) is 0 Å². The fraction of sp³-hybridized carbons (Fsp3) is 1.00. The van der Waals surface area contributed by atoms with Crippen LogP contribution < -0.4 is 0 Å². The van der Waals surface area contributed by atoms with Crippen LogP contribution in [0.4, 0.5) is 0 Å². The first-order valence-electron chi connectivity index (χ1n) is 4.70. The van der Waals surface area contributed by atoms with Crippen LogP contribution in [0.1, 0.15) is 6.42 Å². The van der Waals surface area contributed by atoms with E-state index in [0.717, 1.165) is 13.0 Å². The highest BCUT2D eigenvalue weighted by molar-refractivity contribution is 4.79. The lowest BCUT2D eigenvalue weighted by atomic mass is 10.1. The third-order valence-corrected chi connectivity index (χ3v) is 2.50. The third kappa shape index (κ3) is 3.23. The standard InChI is InChI=1S/C9H19NO3/c1-10(4-6-12-2)8-7-13-5-3-9(8)11/h8-9,11H,3-7H2,1-2H3. The van der Waals surface area contributed by atoms with Gasteiger partial charge in [0.15, 0.2) is 0 Å². The fourth-order valence-electron chi connectivity index (χ4n) is 1.53. The van der Waals surface area contributed by atoms with Crippen LogP contribution in [0.2, 0.25) is 0 Å². The molecule has 0 radical (unpaired) electrons. The van der Waals surface area contributed by atoms with Crippen LogP contribution in [0.3, 0.4) is 0 Å². The first-order chi connectivity index (χ1) is 6.25. The Morgan fingerprint density at radius 1 is 1.62 bits per heavy atom. The molecule has 0 aliphatic carbocycles. The van der Waals surface area contributed by atoms with Crippen molar-refractivity contribution in [1.82, 2.24) is 4.90 Å². The van der Waals surface area contributed by atoms with Crippen molar-refractivity contribution in [3.8, 4) is 0 Å². The van der Waals surface area contributed by atoms with E-state index >= 15 is 0 Å². The van der Waals surface area contributed by atoms with Gasteiger partial charge in [-0.3, -0.25) is 4.90 Å². The Balaban J connectivity index is 2.30. The van der Waals surface area contributed by atoms with Crippen LogP contribution >= 0.6 is 0 Å². The molecule has 0 aromatic heterocycles. The molecule has 0 bridgehead atoms. The normalized spacial score (nSPS) is 29.5. The molecule has 4 heteroatoms. The molecule has 4 nitrogen and oxygen atoms in total. The Hall–Kier alpha value is -0.160. The van der Waals surface area contributed by atoms with Gasteiger partial charge in [0.1, 0.15) is 0 Å². The molecule has 1 aliphatic rings. The first-order valence-corrected chi connectivity index (χ1v) is 4.70. The highest BCUT2D eigenvalue weighted by Crippen LogP contribution is 2.12. The molecule has 0 aromatic carbocycles. The molecule has 1 fully saturated rings. The number of methoxy groups -OCH3 is 1. The fourth-order valence-corrected chi connectivity index (χ4v) is 1.53. The molecular formula is C9H19NO3. The van der Waals surface area contributed by atoms with E-state index in [2.05, 4.69) is 4.90 Å². The number of aliphatic hydroxyl groups excluding tert-OH is 1. The molecule has 13 heavy (non-hydrogen) atoms. The molecular weight excluding hydrogens is 170 g/mol. The zero-order chi connectivity index (χ0) is 9.68. The van der Waals surface area contributed by atoms with Gasteiger partial charge in [-0.25, -0.2) is 0 Å². The number of likely N-dealkylation sites (N-methyl/N-ethyl adjacent to an activating group) is 1. The number of ether oxygens (including phenoxy) is 2. The molecule has 0 amide bonds. The van der Waals surface area contributed by atoms with E-state index in [1.807, 2.05) is 7.05 Å². The third-order valence-electron chi connectivity index (χ3n) is 2.50. The van der Waals surface area contributed by atoms with Crippen molar-refractivity contribution in [3.63, 3.8) is 0 Å². The highest BCUT2D eigenvalue weighted by atomic mass is 16.5. The van der Waals surface area contributed by atoms with Crippen molar-refractivity contribution in [2.75, 3.05) is 40.5 Å². The first kappa shape index (κ1) is 10.9. The molecule has 1 aliphatic heterocycles. The quantitative estimate of drug-likeness (QED) is 0.660. The maximum Gasteiger partial charge on any atom is 0.0739 e. The lowest BCUT2D eigenvalue weighted by molar-refractivity contribution is -0.0577. The van der Waals surface area contributed by atoms with E-state index in [0.29, 0.717) is 19.8 Å². The van der Waals surface area contributed by atoms with Gasteiger partial charge in [0.2, 0.25) is 0 Å². The van der Waals surface area contributed by atoms with Gasteiger partial charge in [-0.1, -0.05) is 0 Å². The Labute approximate surface area is 79.4 Å². The lowest BCUT2D eigenvalue weighted by Crippen LogP contribution is -2.48. The van der Waals surface area contributed by atoms with E-state index in [1.54, 1.807) is 7.11 Å². The van der Waals surface area contributed by atoms with Crippen molar-refractivity contribution in [2.45, 2.75) is 18.6 Å². The van der Waals surface area contributed by atoms with Gasteiger partial charge in [-0.05, 0) is 13.5 Å². The van der Waals surface area contributed by atoms with Crippen molar-refractivity contribution in [1.29, 1.82) is 0 Å². The number of aliphatic hydroxyl groups is 1. The van der Waals surface area contributed by atoms with Crippen LogP contribution in [0.5, 0.6) is 0 Å². The second-order valence-electron chi connectivity index (χ2n) is 3.47. The predicted molar refractivity (Wildman–Crippen MR) is 49.7 cm³/mol. The summed E-state index contributed by atoms with van der Waals surface area (Å²) in [7, 11) is 3.67. The van der Waals surface area contributed by atoms with Crippen molar-refractivity contribution in [3.05, 3.63) is 0 Å². The average Bonchev–Trinajstić information content (AvgIpc) is 2.15. The second-order valence-corrected chi connectivity index (χ2v) is 3.47. The van der Waals surface area contributed by atoms with Crippen LogP contribution in [-0.4, -0.2) is 62.7 Å². The molecule has 1 saturated heterocycles. The van der Waals surface area contributed by atoms with Crippen LogP contribution in [-0.2, 0) is 9.47 Å². The minimum absolute atomic E-state index is 0.129. The SMILES string of the molecule is COCCN(C)C1COCCC1O. The zero-order valence-electron chi connectivity index (χ0n) is 8.40. The van der Waals surface area contributed by atoms with Crippen molar-refractivity contribution in [2.24, 2.45) is 0 Å². The molecule has 0 saturated carbocycles. The monoisotopic (exact) mass is 189 g/mol.